The van der Waals surface area contributed by atoms with E-state index in [4.69, 9.17) is 22.3 Å². The topological polar surface area (TPSA) is 59.5 Å². The van der Waals surface area contributed by atoms with Gasteiger partial charge in [-0.1, -0.05) is 35.9 Å². The normalized spacial score (nSPS) is 21.6. The minimum absolute atomic E-state index is 0.354. The average Bonchev–Trinajstić information content (AvgIpc) is 3.31. The van der Waals surface area contributed by atoms with Gasteiger partial charge in [-0.05, 0) is 49.3 Å². The Morgan fingerprint density at radius 2 is 2.04 bits per heavy atom. The lowest BCUT2D eigenvalue weighted by atomic mass is 9.74. The van der Waals surface area contributed by atoms with Gasteiger partial charge < -0.3 is 10.6 Å². The van der Waals surface area contributed by atoms with Gasteiger partial charge in [-0.3, -0.25) is 4.40 Å². The molecule has 0 radical (unpaired) electrons. The van der Waals surface area contributed by atoms with Crippen LogP contribution in [0.5, 0.6) is 0 Å². The molecule has 0 amide bonds. The highest BCUT2D eigenvalue weighted by atomic mass is 35.5. The van der Waals surface area contributed by atoms with Crippen LogP contribution in [0.4, 0.5) is 5.95 Å². The molecule has 2 fully saturated rings. The van der Waals surface area contributed by atoms with Gasteiger partial charge in [0.15, 0.2) is 5.65 Å². The lowest BCUT2D eigenvalue weighted by Gasteiger charge is -2.42. The summed E-state index contributed by atoms with van der Waals surface area (Å²) >= 11 is 7.77. The molecule has 1 atom stereocenters. The molecule has 1 aliphatic carbocycles. The van der Waals surface area contributed by atoms with Gasteiger partial charge in [0.25, 0.3) is 0 Å². The van der Waals surface area contributed by atoms with Crippen LogP contribution in [0.25, 0.3) is 5.65 Å². The highest BCUT2D eigenvalue weighted by Gasteiger charge is 2.43. The van der Waals surface area contributed by atoms with E-state index in [0.29, 0.717) is 11.5 Å². The lowest BCUT2D eigenvalue weighted by molar-refractivity contribution is 0.197. The van der Waals surface area contributed by atoms with Crippen LogP contribution in [0.15, 0.2) is 52.6 Å². The minimum Gasteiger partial charge on any atom is -0.342 e. The highest BCUT2D eigenvalue weighted by molar-refractivity contribution is 7.99. The smallest absolute Gasteiger partial charge is 0.211 e. The van der Waals surface area contributed by atoms with Crippen molar-refractivity contribution in [1.29, 1.82) is 0 Å². The summed E-state index contributed by atoms with van der Waals surface area (Å²) in [5.41, 5.74) is 7.74. The molecule has 3 heterocycles. The summed E-state index contributed by atoms with van der Waals surface area (Å²) in [6.45, 7) is 2.02. The van der Waals surface area contributed by atoms with Crippen molar-refractivity contribution in [3.05, 3.63) is 47.9 Å². The number of hydrogen-bond acceptors (Lipinski definition) is 5. The fraction of sp³-hybridized carbons (Fsp3) is 0.429. The third-order valence-electron chi connectivity index (χ3n) is 6.42. The predicted octanol–water partition coefficient (Wildman–Crippen LogP) is 4.63. The molecular formula is C21H24ClN5S. The second-order valence-electron chi connectivity index (χ2n) is 7.95. The van der Waals surface area contributed by atoms with Crippen LogP contribution >= 0.6 is 23.4 Å². The van der Waals surface area contributed by atoms with E-state index in [0.717, 1.165) is 52.3 Å². The molecule has 1 aliphatic heterocycles. The zero-order valence-corrected chi connectivity index (χ0v) is 17.3. The molecule has 146 valence electrons. The Hall–Kier alpha value is -1.76. The number of nitrogens with zero attached hydrogens (tertiary/aromatic N) is 4. The molecule has 28 heavy (non-hydrogen) atoms. The molecule has 5 rings (SSSR count). The van der Waals surface area contributed by atoms with E-state index in [1.165, 1.54) is 19.3 Å². The number of rotatable bonds is 3. The van der Waals surface area contributed by atoms with Crippen LogP contribution in [-0.2, 0) is 0 Å². The molecule has 5 nitrogen and oxygen atoms in total. The maximum atomic E-state index is 6.44. The molecule has 0 bridgehead atoms. The molecule has 1 saturated carbocycles. The Balaban J connectivity index is 1.40. The number of hydrogen-bond donors (Lipinski definition) is 1. The van der Waals surface area contributed by atoms with E-state index in [9.17, 15) is 0 Å². The van der Waals surface area contributed by atoms with Gasteiger partial charge in [0.05, 0.1) is 4.90 Å². The zero-order valence-electron chi connectivity index (χ0n) is 15.7. The van der Waals surface area contributed by atoms with E-state index in [1.54, 1.807) is 11.8 Å². The summed E-state index contributed by atoms with van der Waals surface area (Å²) in [6.07, 6.45) is 11.8. The van der Waals surface area contributed by atoms with Crippen LogP contribution in [0.3, 0.4) is 0 Å². The summed E-state index contributed by atoms with van der Waals surface area (Å²) in [7, 11) is 0. The number of fused-ring (bicyclic) bond motifs is 1. The molecule has 2 aliphatic rings. The number of aromatic nitrogens is 3. The van der Waals surface area contributed by atoms with Crippen molar-refractivity contribution in [3.8, 4) is 0 Å². The molecule has 0 unspecified atom stereocenters. The Labute approximate surface area is 174 Å². The van der Waals surface area contributed by atoms with Crippen LogP contribution in [-0.4, -0.2) is 33.5 Å². The Kier molecular flexibility index (Phi) is 4.73. The SMILES string of the molecule is N[C@@H]1CCCC12CCN(c1ncc(Sc3cccc(Cl)c3)c3nccn13)CC2. The highest BCUT2D eigenvalue weighted by Crippen LogP contribution is 2.46. The molecule has 1 spiro atoms. The van der Waals surface area contributed by atoms with Crippen molar-refractivity contribution < 1.29 is 0 Å². The van der Waals surface area contributed by atoms with Gasteiger partial charge in [-0.25, -0.2) is 9.97 Å². The largest absolute Gasteiger partial charge is 0.342 e. The van der Waals surface area contributed by atoms with E-state index in [1.807, 2.05) is 36.8 Å². The van der Waals surface area contributed by atoms with Gasteiger partial charge in [-0.15, -0.1) is 0 Å². The fourth-order valence-corrected chi connectivity index (χ4v) is 5.97. The maximum Gasteiger partial charge on any atom is 0.211 e. The maximum absolute atomic E-state index is 6.44. The summed E-state index contributed by atoms with van der Waals surface area (Å²) in [5.74, 6) is 0.976. The molecule has 7 heteroatoms. The third kappa shape index (κ3) is 3.17. The molecule has 3 aromatic rings. The van der Waals surface area contributed by atoms with Crippen LogP contribution in [0.1, 0.15) is 32.1 Å². The quantitative estimate of drug-likeness (QED) is 0.678. The second kappa shape index (κ2) is 7.25. The van der Waals surface area contributed by atoms with Crippen molar-refractivity contribution in [3.63, 3.8) is 0 Å². The Bertz CT molecular complexity index is 995. The minimum atomic E-state index is 0.354. The lowest BCUT2D eigenvalue weighted by Crippen LogP contribution is -2.47. The summed E-state index contributed by atoms with van der Waals surface area (Å²) < 4.78 is 2.11. The van der Waals surface area contributed by atoms with E-state index in [-0.39, 0.29) is 0 Å². The number of benzene rings is 1. The second-order valence-corrected chi connectivity index (χ2v) is 9.50. The van der Waals surface area contributed by atoms with Crippen molar-refractivity contribution in [2.75, 3.05) is 18.0 Å². The zero-order chi connectivity index (χ0) is 19.1. The summed E-state index contributed by atoms with van der Waals surface area (Å²) in [4.78, 5) is 13.9. The number of imidazole rings is 1. The van der Waals surface area contributed by atoms with Crippen LogP contribution in [0, 0.1) is 5.41 Å². The monoisotopic (exact) mass is 413 g/mol. The molecular weight excluding hydrogens is 390 g/mol. The number of nitrogens with two attached hydrogens (primary N) is 1. The van der Waals surface area contributed by atoms with Crippen molar-refractivity contribution in [1.82, 2.24) is 14.4 Å². The van der Waals surface area contributed by atoms with Gasteiger partial charge in [-0.2, -0.15) is 0 Å². The first-order chi connectivity index (χ1) is 13.6. The first kappa shape index (κ1) is 18.3. The molecule has 2 N–H and O–H groups in total. The van der Waals surface area contributed by atoms with Crippen LogP contribution in [0.2, 0.25) is 5.02 Å². The van der Waals surface area contributed by atoms with Crippen molar-refractivity contribution >= 4 is 35.0 Å². The van der Waals surface area contributed by atoms with Gasteiger partial charge in [0, 0.05) is 47.6 Å². The van der Waals surface area contributed by atoms with E-state index in [2.05, 4.69) is 20.4 Å². The third-order valence-corrected chi connectivity index (χ3v) is 7.65. The average molecular weight is 414 g/mol. The van der Waals surface area contributed by atoms with Crippen LogP contribution < -0.4 is 10.6 Å². The molecule has 1 aromatic carbocycles. The van der Waals surface area contributed by atoms with E-state index >= 15 is 0 Å². The first-order valence-electron chi connectivity index (χ1n) is 9.91. The van der Waals surface area contributed by atoms with Gasteiger partial charge in [0.1, 0.15) is 0 Å². The fourth-order valence-electron chi connectivity index (χ4n) is 4.79. The first-order valence-corrected chi connectivity index (χ1v) is 11.1. The molecule has 1 saturated heterocycles. The number of halogens is 1. The number of piperidine rings is 1. The molecule has 2 aromatic heterocycles. The van der Waals surface area contributed by atoms with Crippen molar-refractivity contribution in [2.24, 2.45) is 11.1 Å². The van der Waals surface area contributed by atoms with Crippen molar-refractivity contribution in [2.45, 2.75) is 47.9 Å². The standard InChI is InChI=1S/C21H24ClN5S/c22-15-3-1-4-16(13-15)28-17-14-25-20(27-12-9-24-19(17)27)26-10-7-21(8-11-26)6-2-5-18(21)23/h1,3-4,9,12-14,18H,2,5-8,10-11,23H2/t18-/m1/s1. The Morgan fingerprint density at radius 1 is 1.18 bits per heavy atom. The predicted molar refractivity (Wildman–Crippen MR) is 114 cm³/mol. The van der Waals surface area contributed by atoms with Gasteiger partial charge in [0.2, 0.25) is 5.95 Å². The Morgan fingerprint density at radius 3 is 2.79 bits per heavy atom. The van der Waals surface area contributed by atoms with E-state index < -0.39 is 0 Å². The summed E-state index contributed by atoms with van der Waals surface area (Å²) in [6, 6.07) is 8.24. The van der Waals surface area contributed by atoms with Gasteiger partial charge >= 0.3 is 0 Å². The number of anilines is 1. The summed E-state index contributed by atoms with van der Waals surface area (Å²) in [5, 5.41) is 0.737.